The third-order valence-electron chi connectivity index (χ3n) is 3.43. The van der Waals surface area contributed by atoms with Crippen molar-refractivity contribution in [3.8, 4) is 0 Å². The van der Waals surface area contributed by atoms with E-state index < -0.39 is 10.0 Å². The molecule has 0 unspecified atom stereocenters. The first-order valence-corrected chi connectivity index (χ1v) is 10.9. The Morgan fingerprint density at radius 2 is 1.90 bits per heavy atom. The summed E-state index contributed by atoms with van der Waals surface area (Å²) in [5.41, 5.74) is 6.34. The van der Waals surface area contributed by atoms with Crippen molar-refractivity contribution in [2.45, 2.75) is 17.7 Å². The van der Waals surface area contributed by atoms with Gasteiger partial charge in [0.25, 0.3) is 0 Å². The topological polar surface area (TPSA) is 72.2 Å². The second-order valence-corrected chi connectivity index (χ2v) is 9.46. The smallest absolute Gasteiger partial charge is 0.212 e. The second kappa shape index (κ2) is 8.31. The lowest BCUT2D eigenvalue weighted by atomic mass is 10.0. The Kier molecular flexibility index (Phi) is 6.73. The molecule has 0 saturated carbocycles. The minimum absolute atomic E-state index is 0.156. The lowest BCUT2D eigenvalue weighted by molar-refractivity contribution is 0.477. The molecular weight excluding hydrogens is 324 g/mol. The fourth-order valence-corrected chi connectivity index (χ4v) is 5.71. The van der Waals surface area contributed by atoms with Gasteiger partial charge in [0.05, 0.1) is 5.75 Å². The van der Waals surface area contributed by atoms with Crippen LogP contribution in [0.5, 0.6) is 0 Å². The highest BCUT2D eigenvalue weighted by molar-refractivity contribution is 8.00. The van der Waals surface area contributed by atoms with E-state index in [0.717, 1.165) is 34.9 Å². The normalized spacial score (nSPS) is 17.0. The molecular formula is C14H22N2O2S3. The van der Waals surface area contributed by atoms with Crippen LogP contribution in [0.1, 0.15) is 12.8 Å². The Hall–Kier alpha value is -0.370. The maximum Gasteiger partial charge on any atom is 0.212 e. The first-order chi connectivity index (χ1) is 10.1. The average Bonchev–Trinajstić information content (AvgIpc) is 2.48. The SMILES string of the molecule is Nc1ccc(SCCS(=O)(=O)NCC2CCSCC2)cc1. The van der Waals surface area contributed by atoms with Gasteiger partial charge in [0.2, 0.25) is 10.0 Å². The highest BCUT2D eigenvalue weighted by atomic mass is 32.2. The molecule has 7 heteroatoms. The van der Waals surface area contributed by atoms with Crippen molar-refractivity contribution in [2.24, 2.45) is 5.92 Å². The zero-order chi connectivity index (χ0) is 15.1. The van der Waals surface area contributed by atoms with E-state index >= 15 is 0 Å². The van der Waals surface area contributed by atoms with Crippen molar-refractivity contribution in [3.05, 3.63) is 24.3 Å². The van der Waals surface area contributed by atoms with Gasteiger partial charge in [-0.15, -0.1) is 11.8 Å². The molecule has 21 heavy (non-hydrogen) atoms. The van der Waals surface area contributed by atoms with E-state index in [1.165, 1.54) is 11.8 Å². The maximum atomic E-state index is 12.0. The molecule has 0 aliphatic carbocycles. The van der Waals surface area contributed by atoms with Crippen molar-refractivity contribution in [3.63, 3.8) is 0 Å². The number of anilines is 1. The van der Waals surface area contributed by atoms with Crippen LogP contribution in [0.2, 0.25) is 0 Å². The molecule has 1 saturated heterocycles. The van der Waals surface area contributed by atoms with Crippen LogP contribution in [0.4, 0.5) is 5.69 Å². The highest BCUT2D eigenvalue weighted by Gasteiger charge is 2.17. The van der Waals surface area contributed by atoms with E-state index in [4.69, 9.17) is 5.73 Å². The number of hydrogen-bond acceptors (Lipinski definition) is 5. The van der Waals surface area contributed by atoms with Gasteiger partial charge >= 0.3 is 0 Å². The van der Waals surface area contributed by atoms with E-state index in [9.17, 15) is 8.42 Å². The summed E-state index contributed by atoms with van der Waals surface area (Å²) >= 11 is 3.49. The third-order valence-corrected chi connectivity index (χ3v) is 7.10. The summed E-state index contributed by atoms with van der Waals surface area (Å²) in [7, 11) is -3.16. The molecule has 0 aromatic heterocycles. The molecule has 118 valence electrons. The van der Waals surface area contributed by atoms with Crippen molar-refractivity contribution in [1.82, 2.24) is 4.72 Å². The van der Waals surface area contributed by atoms with Crippen LogP contribution < -0.4 is 10.5 Å². The highest BCUT2D eigenvalue weighted by Crippen LogP contribution is 2.22. The Morgan fingerprint density at radius 3 is 2.57 bits per heavy atom. The third kappa shape index (κ3) is 6.50. The van der Waals surface area contributed by atoms with Gasteiger partial charge in [-0.25, -0.2) is 13.1 Å². The Balaban J connectivity index is 1.69. The minimum atomic E-state index is -3.16. The van der Waals surface area contributed by atoms with Crippen LogP contribution in [0.3, 0.4) is 0 Å². The van der Waals surface area contributed by atoms with Gasteiger partial charge < -0.3 is 5.73 Å². The zero-order valence-corrected chi connectivity index (χ0v) is 14.4. The largest absolute Gasteiger partial charge is 0.399 e. The van der Waals surface area contributed by atoms with Crippen LogP contribution in [-0.4, -0.2) is 38.0 Å². The summed E-state index contributed by atoms with van der Waals surface area (Å²) in [5, 5.41) is 0. The predicted molar refractivity (Wildman–Crippen MR) is 93.4 cm³/mol. The minimum Gasteiger partial charge on any atom is -0.399 e. The van der Waals surface area contributed by atoms with Crippen LogP contribution in [-0.2, 0) is 10.0 Å². The number of nitrogens with one attached hydrogen (secondary N) is 1. The number of nitrogens with two attached hydrogens (primary N) is 1. The number of thioether (sulfide) groups is 2. The van der Waals surface area contributed by atoms with Crippen LogP contribution >= 0.6 is 23.5 Å². The number of hydrogen-bond donors (Lipinski definition) is 2. The number of sulfonamides is 1. The summed E-state index contributed by atoms with van der Waals surface area (Å²) in [6.07, 6.45) is 2.24. The molecule has 1 aliphatic rings. The Morgan fingerprint density at radius 1 is 1.24 bits per heavy atom. The lowest BCUT2D eigenvalue weighted by Crippen LogP contribution is -2.33. The molecule has 0 atom stereocenters. The first-order valence-electron chi connectivity index (χ1n) is 7.08. The first kappa shape index (κ1) is 17.0. The quantitative estimate of drug-likeness (QED) is 0.586. The van der Waals surface area contributed by atoms with E-state index in [0.29, 0.717) is 18.2 Å². The Bertz CT molecular complexity index is 526. The van der Waals surface area contributed by atoms with Gasteiger partial charge in [-0.1, -0.05) is 0 Å². The summed E-state index contributed by atoms with van der Waals surface area (Å²) in [4.78, 5) is 1.05. The van der Waals surface area contributed by atoms with Gasteiger partial charge in [0.1, 0.15) is 0 Å². The average molecular weight is 347 g/mol. The van der Waals surface area contributed by atoms with E-state index in [2.05, 4.69) is 4.72 Å². The zero-order valence-electron chi connectivity index (χ0n) is 12.0. The van der Waals surface area contributed by atoms with Gasteiger partial charge in [-0.3, -0.25) is 0 Å². The van der Waals surface area contributed by atoms with Crippen molar-refractivity contribution in [1.29, 1.82) is 0 Å². The van der Waals surface area contributed by atoms with Crippen LogP contribution in [0.15, 0.2) is 29.2 Å². The molecule has 4 nitrogen and oxygen atoms in total. The fourth-order valence-electron chi connectivity index (χ4n) is 2.10. The molecule has 1 aromatic rings. The molecule has 0 spiro atoms. The molecule has 1 aromatic carbocycles. The molecule has 1 heterocycles. The van der Waals surface area contributed by atoms with Crippen LogP contribution in [0, 0.1) is 5.92 Å². The van der Waals surface area contributed by atoms with Crippen molar-refractivity contribution in [2.75, 3.05) is 35.3 Å². The summed E-state index contributed by atoms with van der Waals surface area (Å²) < 4.78 is 26.7. The summed E-state index contributed by atoms with van der Waals surface area (Å²) in [5.74, 6) is 3.52. The van der Waals surface area contributed by atoms with E-state index in [1.54, 1.807) is 0 Å². The van der Waals surface area contributed by atoms with Gasteiger partial charge in [-0.2, -0.15) is 11.8 Å². The number of benzene rings is 1. The molecule has 2 rings (SSSR count). The standard InChI is InChI=1S/C14H22N2O2S3/c15-13-1-3-14(4-2-13)20-9-10-21(17,18)16-11-12-5-7-19-8-6-12/h1-4,12,16H,5-11,15H2. The van der Waals surface area contributed by atoms with E-state index in [1.807, 2.05) is 36.0 Å². The van der Waals surface area contributed by atoms with E-state index in [-0.39, 0.29) is 5.75 Å². The molecule has 0 amide bonds. The van der Waals surface area contributed by atoms with Crippen molar-refractivity contribution >= 4 is 39.2 Å². The second-order valence-electron chi connectivity index (χ2n) is 5.14. The maximum absolute atomic E-state index is 12.0. The molecule has 1 aliphatic heterocycles. The summed E-state index contributed by atoms with van der Waals surface area (Å²) in [6.45, 7) is 0.593. The van der Waals surface area contributed by atoms with Crippen molar-refractivity contribution < 1.29 is 8.42 Å². The number of nitrogen functional groups attached to an aromatic ring is 1. The molecule has 0 radical (unpaired) electrons. The number of rotatable bonds is 7. The fraction of sp³-hybridized carbons (Fsp3) is 0.571. The predicted octanol–water partition coefficient (Wildman–Crippen LogP) is 2.42. The monoisotopic (exact) mass is 346 g/mol. The molecule has 0 bridgehead atoms. The van der Waals surface area contributed by atoms with Gasteiger partial charge in [-0.05, 0) is 54.5 Å². The van der Waals surface area contributed by atoms with Gasteiger partial charge in [0, 0.05) is 22.9 Å². The summed E-state index contributed by atoms with van der Waals surface area (Å²) in [6, 6.07) is 7.49. The molecule has 1 fully saturated rings. The van der Waals surface area contributed by atoms with Crippen LogP contribution in [0.25, 0.3) is 0 Å². The molecule has 3 N–H and O–H groups in total. The Labute approximate surface area is 135 Å². The lowest BCUT2D eigenvalue weighted by Gasteiger charge is -2.21. The van der Waals surface area contributed by atoms with Gasteiger partial charge in [0.15, 0.2) is 0 Å².